The number of carbonyl (C=O) groups excluding carboxylic acids is 1. The summed E-state index contributed by atoms with van der Waals surface area (Å²) in [6.07, 6.45) is 3.64. The molecule has 0 unspecified atom stereocenters. The summed E-state index contributed by atoms with van der Waals surface area (Å²) in [5.41, 5.74) is 1.70. The van der Waals surface area contributed by atoms with Crippen molar-refractivity contribution in [3.05, 3.63) is 49.3 Å². The number of fused-ring (bicyclic) bond motifs is 1. The van der Waals surface area contributed by atoms with Gasteiger partial charge in [-0.3, -0.25) is 4.79 Å². The van der Waals surface area contributed by atoms with Crippen LogP contribution in [0, 0.1) is 6.92 Å². The molecule has 140 valence electrons. The van der Waals surface area contributed by atoms with Crippen molar-refractivity contribution < 1.29 is 4.79 Å². The molecule has 6 nitrogen and oxygen atoms in total. The van der Waals surface area contributed by atoms with Gasteiger partial charge in [-0.2, -0.15) is 0 Å². The van der Waals surface area contributed by atoms with E-state index < -0.39 is 0 Å². The Kier molecular flexibility index (Phi) is 6.70. The maximum Gasteiger partial charge on any atom is 0.234 e. The van der Waals surface area contributed by atoms with Crippen molar-refractivity contribution in [3.63, 3.8) is 0 Å². The van der Waals surface area contributed by atoms with Crippen molar-refractivity contribution >= 4 is 56.7 Å². The zero-order valence-corrected chi connectivity index (χ0v) is 17.3. The highest BCUT2D eigenvalue weighted by Gasteiger charge is 2.12. The molecule has 0 spiro atoms. The second-order valence-electron chi connectivity index (χ2n) is 5.53. The normalized spacial score (nSPS) is 10.9. The second-order valence-corrected chi connectivity index (χ2v) is 8.77. The fraction of sp³-hybridized carbons (Fsp3) is 0.222. The first-order valence-corrected chi connectivity index (χ1v) is 11.0. The summed E-state index contributed by atoms with van der Waals surface area (Å²) in [7, 11) is 0. The van der Waals surface area contributed by atoms with Crippen LogP contribution in [0.2, 0.25) is 0 Å². The van der Waals surface area contributed by atoms with E-state index in [1.807, 2.05) is 35.8 Å². The molecule has 9 heteroatoms. The van der Waals surface area contributed by atoms with Gasteiger partial charge in [0.2, 0.25) is 5.91 Å². The van der Waals surface area contributed by atoms with Crippen molar-refractivity contribution in [2.75, 3.05) is 16.8 Å². The smallest absolute Gasteiger partial charge is 0.234 e. The summed E-state index contributed by atoms with van der Waals surface area (Å²) < 4.78 is 3.98. The maximum absolute atomic E-state index is 12.3. The van der Waals surface area contributed by atoms with Gasteiger partial charge in [0.05, 0.1) is 16.0 Å². The summed E-state index contributed by atoms with van der Waals surface area (Å²) in [5, 5.41) is 11.8. The monoisotopic (exact) mass is 417 g/mol. The van der Waals surface area contributed by atoms with E-state index in [0.717, 1.165) is 31.8 Å². The van der Waals surface area contributed by atoms with Gasteiger partial charge in [-0.15, -0.1) is 34.7 Å². The Morgan fingerprint density at radius 1 is 1.30 bits per heavy atom. The van der Waals surface area contributed by atoms with Gasteiger partial charge in [-0.05, 0) is 25.1 Å². The molecule has 0 atom stereocenters. The lowest BCUT2D eigenvalue weighted by molar-refractivity contribution is -0.113. The standard InChI is InChI=1S/C18H19N5OS3/c1-4-8-23-12(3)21-22-17(23)26-11-16(24)19-13-6-7-14-15(10-13)27-18(20-14)25-9-5-2/h4-7,10H,1-2,8-9,11H2,3H3,(H,19,24). The van der Waals surface area contributed by atoms with Gasteiger partial charge in [-0.25, -0.2) is 4.98 Å². The Labute approximate surface area is 170 Å². The first kappa shape index (κ1) is 19.7. The van der Waals surface area contributed by atoms with Gasteiger partial charge in [0, 0.05) is 18.0 Å². The minimum Gasteiger partial charge on any atom is -0.325 e. The van der Waals surface area contributed by atoms with Crippen molar-refractivity contribution in [1.29, 1.82) is 0 Å². The number of aromatic nitrogens is 4. The number of nitrogens with zero attached hydrogens (tertiary/aromatic N) is 4. The van der Waals surface area contributed by atoms with Crippen LogP contribution in [0.5, 0.6) is 0 Å². The van der Waals surface area contributed by atoms with E-state index in [-0.39, 0.29) is 11.7 Å². The van der Waals surface area contributed by atoms with E-state index in [2.05, 4.69) is 33.7 Å². The fourth-order valence-electron chi connectivity index (χ4n) is 2.31. The number of aryl methyl sites for hydroxylation is 1. The highest BCUT2D eigenvalue weighted by Crippen LogP contribution is 2.31. The zero-order valence-electron chi connectivity index (χ0n) is 14.8. The van der Waals surface area contributed by atoms with Crippen LogP contribution in [-0.2, 0) is 11.3 Å². The molecule has 0 saturated carbocycles. The van der Waals surface area contributed by atoms with Crippen molar-refractivity contribution in [2.45, 2.75) is 23.0 Å². The number of rotatable bonds is 9. The summed E-state index contributed by atoms with van der Waals surface area (Å²) in [4.78, 5) is 16.9. The first-order valence-electron chi connectivity index (χ1n) is 8.18. The van der Waals surface area contributed by atoms with Crippen molar-refractivity contribution in [2.24, 2.45) is 0 Å². The van der Waals surface area contributed by atoms with Gasteiger partial charge >= 0.3 is 0 Å². The van der Waals surface area contributed by atoms with Crippen molar-refractivity contribution in [1.82, 2.24) is 19.7 Å². The second kappa shape index (κ2) is 9.20. The SMILES string of the molecule is C=CCSc1nc2ccc(NC(=O)CSc3nnc(C)n3CC=C)cc2s1. The van der Waals surface area contributed by atoms with Crippen LogP contribution in [0.25, 0.3) is 10.2 Å². The van der Waals surface area contributed by atoms with E-state index >= 15 is 0 Å². The molecule has 0 aliphatic heterocycles. The molecular weight excluding hydrogens is 398 g/mol. The largest absolute Gasteiger partial charge is 0.325 e. The molecule has 2 heterocycles. The van der Waals surface area contributed by atoms with E-state index in [1.54, 1.807) is 29.2 Å². The molecule has 0 aliphatic rings. The Hall–Kier alpha value is -2.10. The summed E-state index contributed by atoms with van der Waals surface area (Å²) in [6, 6.07) is 5.76. The molecule has 0 saturated heterocycles. The van der Waals surface area contributed by atoms with Crippen LogP contribution in [-0.4, -0.2) is 37.2 Å². The van der Waals surface area contributed by atoms with Crippen LogP contribution in [0.15, 0.2) is 53.0 Å². The highest BCUT2D eigenvalue weighted by atomic mass is 32.2. The third kappa shape index (κ3) is 5.00. The zero-order chi connectivity index (χ0) is 19.2. The summed E-state index contributed by atoms with van der Waals surface area (Å²) in [6.45, 7) is 9.96. The minimum atomic E-state index is -0.0871. The van der Waals surface area contributed by atoms with Crippen LogP contribution < -0.4 is 5.32 Å². The van der Waals surface area contributed by atoms with Gasteiger partial charge in [-0.1, -0.05) is 35.7 Å². The van der Waals surface area contributed by atoms with Gasteiger partial charge in [0.1, 0.15) is 5.82 Å². The Morgan fingerprint density at radius 2 is 2.15 bits per heavy atom. The number of thiazole rings is 1. The maximum atomic E-state index is 12.3. The third-order valence-electron chi connectivity index (χ3n) is 3.52. The lowest BCUT2D eigenvalue weighted by Crippen LogP contribution is -2.14. The molecule has 3 rings (SSSR count). The van der Waals surface area contributed by atoms with Gasteiger partial charge in [0.15, 0.2) is 9.50 Å². The molecule has 27 heavy (non-hydrogen) atoms. The number of hydrogen-bond acceptors (Lipinski definition) is 7. The number of anilines is 1. The van der Waals surface area contributed by atoms with Crippen LogP contribution in [0.3, 0.4) is 0 Å². The molecule has 1 aromatic carbocycles. The van der Waals surface area contributed by atoms with Crippen LogP contribution in [0.1, 0.15) is 5.82 Å². The van der Waals surface area contributed by atoms with E-state index in [4.69, 9.17) is 0 Å². The molecule has 0 aliphatic carbocycles. The number of thioether (sulfide) groups is 2. The lowest BCUT2D eigenvalue weighted by Gasteiger charge is -2.06. The van der Waals surface area contributed by atoms with E-state index in [1.165, 1.54) is 11.8 Å². The number of amides is 1. The van der Waals surface area contributed by atoms with Crippen molar-refractivity contribution in [3.8, 4) is 0 Å². The Balaban J connectivity index is 1.62. The Morgan fingerprint density at radius 3 is 2.93 bits per heavy atom. The number of benzene rings is 1. The minimum absolute atomic E-state index is 0.0871. The summed E-state index contributed by atoms with van der Waals surface area (Å²) >= 11 is 4.63. The van der Waals surface area contributed by atoms with Gasteiger partial charge in [0.25, 0.3) is 0 Å². The Bertz CT molecular complexity index is 979. The average molecular weight is 418 g/mol. The number of allylic oxidation sites excluding steroid dienone is 1. The number of nitrogens with one attached hydrogen (secondary N) is 1. The van der Waals surface area contributed by atoms with E-state index in [0.29, 0.717) is 11.7 Å². The third-order valence-corrected chi connectivity index (χ3v) is 6.65. The summed E-state index contributed by atoms with van der Waals surface area (Å²) in [5.74, 6) is 1.81. The van der Waals surface area contributed by atoms with Gasteiger partial charge < -0.3 is 9.88 Å². The predicted octanol–water partition coefficient (Wildman–Crippen LogP) is 4.39. The molecular formula is C18H19N5OS3. The first-order chi connectivity index (χ1) is 13.1. The predicted molar refractivity (Wildman–Crippen MR) is 115 cm³/mol. The number of carbonyl (C=O) groups is 1. The van der Waals surface area contributed by atoms with Crippen LogP contribution in [0.4, 0.5) is 5.69 Å². The lowest BCUT2D eigenvalue weighted by atomic mass is 10.3. The highest BCUT2D eigenvalue weighted by molar-refractivity contribution is 8.01. The molecule has 3 aromatic rings. The van der Waals surface area contributed by atoms with Crippen LogP contribution >= 0.6 is 34.9 Å². The molecule has 2 aromatic heterocycles. The quantitative estimate of drug-likeness (QED) is 0.411. The molecule has 0 radical (unpaired) electrons. The molecule has 1 amide bonds. The molecule has 1 N–H and O–H groups in total. The fourth-order valence-corrected chi connectivity index (χ4v) is 4.97. The molecule has 0 bridgehead atoms. The number of hydrogen-bond donors (Lipinski definition) is 1. The average Bonchev–Trinajstić information content (AvgIpc) is 3.22. The topological polar surface area (TPSA) is 72.7 Å². The molecule has 0 fully saturated rings. The van der Waals surface area contributed by atoms with E-state index in [9.17, 15) is 4.79 Å².